The first-order valence-electron chi connectivity index (χ1n) is 7.54. The molecule has 1 aliphatic rings. The maximum absolute atomic E-state index is 4.49. The molecule has 1 fully saturated rings. The minimum atomic E-state index is 0.417. The SMILES string of the molecule is Cc1ccc(-n2ncc3c(NC4CCNC4)ncnc32)cc1. The van der Waals surface area contributed by atoms with Gasteiger partial charge in [-0.1, -0.05) is 17.7 Å². The molecule has 0 spiro atoms. The smallest absolute Gasteiger partial charge is 0.168 e. The van der Waals surface area contributed by atoms with Gasteiger partial charge < -0.3 is 10.6 Å². The van der Waals surface area contributed by atoms with E-state index in [0.717, 1.165) is 42.0 Å². The van der Waals surface area contributed by atoms with Gasteiger partial charge >= 0.3 is 0 Å². The van der Waals surface area contributed by atoms with E-state index in [9.17, 15) is 0 Å². The van der Waals surface area contributed by atoms with Gasteiger partial charge in [0.25, 0.3) is 0 Å². The Labute approximate surface area is 128 Å². The zero-order valence-corrected chi connectivity index (χ0v) is 12.5. The lowest BCUT2D eigenvalue weighted by molar-refractivity contribution is 0.789. The molecular formula is C16H18N6. The van der Waals surface area contributed by atoms with E-state index in [1.165, 1.54) is 5.56 Å². The van der Waals surface area contributed by atoms with Crippen molar-refractivity contribution in [3.63, 3.8) is 0 Å². The number of fused-ring (bicyclic) bond motifs is 1. The minimum absolute atomic E-state index is 0.417. The van der Waals surface area contributed by atoms with Gasteiger partial charge in [0.1, 0.15) is 12.1 Å². The van der Waals surface area contributed by atoms with E-state index >= 15 is 0 Å². The maximum Gasteiger partial charge on any atom is 0.168 e. The zero-order chi connectivity index (χ0) is 14.9. The van der Waals surface area contributed by atoms with E-state index < -0.39 is 0 Å². The van der Waals surface area contributed by atoms with Gasteiger partial charge in [-0.3, -0.25) is 0 Å². The lowest BCUT2D eigenvalue weighted by atomic mass is 10.2. The van der Waals surface area contributed by atoms with Crippen LogP contribution < -0.4 is 10.6 Å². The summed E-state index contributed by atoms with van der Waals surface area (Å²) in [5.74, 6) is 0.858. The molecule has 1 aromatic carbocycles. The maximum atomic E-state index is 4.49. The second-order valence-corrected chi connectivity index (χ2v) is 5.69. The van der Waals surface area contributed by atoms with E-state index in [2.05, 4.69) is 56.9 Å². The quantitative estimate of drug-likeness (QED) is 0.772. The van der Waals surface area contributed by atoms with Crippen LogP contribution in [0.15, 0.2) is 36.8 Å². The van der Waals surface area contributed by atoms with Gasteiger partial charge in [0.15, 0.2) is 5.65 Å². The number of benzene rings is 1. The second-order valence-electron chi connectivity index (χ2n) is 5.69. The summed E-state index contributed by atoms with van der Waals surface area (Å²) in [6, 6.07) is 8.68. The van der Waals surface area contributed by atoms with Crippen LogP contribution in [0.1, 0.15) is 12.0 Å². The fourth-order valence-corrected chi connectivity index (χ4v) is 2.81. The van der Waals surface area contributed by atoms with Crippen molar-refractivity contribution in [3.05, 3.63) is 42.4 Å². The Balaban J connectivity index is 1.74. The molecule has 3 heterocycles. The van der Waals surface area contributed by atoms with Crippen molar-refractivity contribution >= 4 is 16.9 Å². The highest BCUT2D eigenvalue weighted by Crippen LogP contribution is 2.22. The van der Waals surface area contributed by atoms with Crippen LogP contribution in [0, 0.1) is 6.92 Å². The molecule has 6 nitrogen and oxygen atoms in total. The van der Waals surface area contributed by atoms with Crippen molar-refractivity contribution < 1.29 is 0 Å². The third-order valence-corrected chi connectivity index (χ3v) is 4.05. The van der Waals surface area contributed by atoms with Crippen molar-refractivity contribution in [2.75, 3.05) is 18.4 Å². The number of nitrogens with zero attached hydrogens (tertiary/aromatic N) is 4. The molecule has 0 amide bonds. The van der Waals surface area contributed by atoms with Gasteiger partial charge in [-0.2, -0.15) is 5.10 Å². The number of hydrogen-bond acceptors (Lipinski definition) is 5. The summed E-state index contributed by atoms with van der Waals surface area (Å²) >= 11 is 0. The number of rotatable bonds is 3. The number of aromatic nitrogens is 4. The van der Waals surface area contributed by atoms with E-state index in [4.69, 9.17) is 0 Å². The molecule has 6 heteroatoms. The van der Waals surface area contributed by atoms with E-state index in [1.54, 1.807) is 6.33 Å². The molecule has 1 saturated heterocycles. The Bertz CT molecular complexity index is 786. The van der Waals surface area contributed by atoms with E-state index in [-0.39, 0.29) is 0 Å². The highest BCUT2D eigenvalue weighted by Gasteiger charge is 2.17. The lowest BCUT2D eigenvalue weighted by Crippen LogP contribution is -2.22. The van der Waals surface area contributed by atoms with Crippen molar-refractivity contribution in [2.45, 2.75) is 19.4 Å². The van der Waals surface area contributed by atoms with Gasteiger partial charge in [-0.05, 0) is 32.0 Å². The first-order valence-corrected chi connectivity index (χ1v) is 7.54. The lowest BCUT2D eigenvalue weighted by Gasteiger charge is -2.12. The van der Waals surface area contributed by atoms with Crippen LogP contribution in [-0.2, 0) is 0 Å². The highest BCUT2D eigenvalue weighted by atomic mass is 15.3. The normalized spacial score (nSPS) is 18.0. The molecule has 4 rings (SSSR count). The monoisotopic (exact) mass is 294 g/mol. The second kappa shape index (κ2) is 5.38. The molecule has 1 atom stereocenters. The number of aryl methyl sites for hydroxylation is 1. The average Bonchev–Trinajstić information content (AvgIpc) is 3.18. The Morgan fingerprint density at radius 2 is 2.09 bits per heavy atom. The fraction of sp³-hybridized carbons (Fsp3) is 0.312. The molecule has 2 N–H and O–H groups in total. The molecule has 0 aliphatic carbocycles. The number of hydrogen-bond donors (Lipinski definition) is 2. The standard InChI is InChI=1S/C16H18N6/c1-11-2-4-13(5-3-11)22-16-14(9-20-22)15(18-10-19-16)21-12-6-7-17-8-12/h2-5,9-10,12,17H,6-8H2,1H3,(H,18,19,21). The first kappa shape index (κ1) is 13.2. The molecule has 2 aromatic heterocycles. The van der Waals surface area contributed by atoms with Crippen LogP contribution in [0.5, 0.6) is 0 Å². The largest absolute Gasteiger partial charge is 0.365 e. The molecule has 0 radical (unpaired) electrons. The Hall–Kier alpha value is -2.47. The minimum Gasteiger partial charge on any atom is -0.365 e. The van der Waals surface area contributed by atoms with Crippen molar-refractivity contribution in [2.24, 2.45) is 0 Å². The van der Waals surface area contributed by atoms with Crippen LogP contribution >= 0.6 is 0 Å². The summed E-state index contributed by atoms with van der Waals surface area (Å²) < 4.78 is 1.86. The van der Waals surface area contributed by atoms with Crippen molar-refractivity contribution in [1.82, 2.24) is 25.1 Å². The van der Waals surface area contributed by atoms with Crippen LogP contribution in [0.2, 0.25) is 0 Å². The third kappa shape index (κ3) is 2.31. The summed E-state index contributed by atoms with van der Waals surface area (Å²) in [6.07, 6.45) is 4.54. The van der Waals surface area contributed by atoms with Crippen molar-refractivity contribution in [1.29, 1.82) is 0 Å². The third-order valence-electron chi connectivity index (χ3n) is 4.05. The van der Waals surface area contributed by atoms with Gasteiger partial charge in [0.2, 0.25) is 0 Å². The van der Waals surface area contributed by atoms with Gasteiger partial charge in [-0.15, -0.1) is 0 Å². The van der Waals surface area contributed by atoms with Crippen molar-refractivity contribution in [3.8, 4) is 5.69 Å². The predicted molar refractivity (Wildman–Crippen MR) is 86.3 cm³/mol. The summed E-state index contributed by atoms with van der Waals surface area (Å²) in [7, 11) is 0. The van der Waals surface area contributed by atoms with Gasteiger partial charge in [0, 0.05) is 12.6 Å². The Morgan fingerprint density at radius 3 is 2.86 bits per heavy atom. The highest BCUT2D eigenvalue weighted by molar-refractivity contribution is 5.87. The van der Waals surface area contributed by atoms with Crippen LogP contribution in [0.25, 0.3) is 16.7 Å². The van der Waals surface area contributed by atoms with Crippen LogP contribution in [0.4, 0.5) is 5.82 Å². The predicted octanol–water partition coefficient (Wildman–Crippen LogP) is 1.90. The zero-order valence-electron chi connectivity index (χ0n) is 12.5. The molecule has 0 saturated carbocycles. The number of anilines is 1. The molecule has 3 aromatic rings. The topological polar surface area (TPSA) is 67.7 Å². The van der Waals surface area contributed by atoms with Crippen LogP contribution in [-0.4, -0.2) is 38.9 Å². The summed E-state index contributed by atoms with van der Waals surface area (Å²) in [6.45, 7) is 4.09. The molecule has 1 unspecified atom stereocenters. The summed E-state index contributed by atoms with van der Waals surface area (Å²) in [5.41, 5.74) is 3.06. The van der Waals surface area contributed by atoms with Gasteiger partial charge in [0.05, 0.1) is 17.3 Å². The fourth-order valence-electron chi connectivity index (χ4n) is 2.81. The molecule has 112 valence electrons. The average molecular weight is 294 g/mol. The summed E-state index contributed by atoms with van der Waals surface area (Å²) in [5, 5.41) is 12.3. The first-order chi connectivity index (χ1) is 10.8. The van der Waals surface area contributed by atoms with E-state index in [0.29, 0.717) is 6.04 Å². The molecule has 1 aliphatic heterocycles. The number of nitrogens with one attached hydrogen (secondary N) is 2. The molecule has 0 bridgehead atoms. The van der Waals surface area contributed by atoms with E-state index in [1.807, 2.05) is 10.9 Å². The van der Waals surface area contributed by atoms with Gasteiger partial charge in [-0.25, -0.2) is 14.6 Å². The molecule has 22 heavy (non-hydrogen) atoms. The molecular weight excluding hydrogens is 276 g/mol. The Kier molecular flexibility index (Phi) is 3.23. The van der Waals surface area contributed by atoms with Crippen LogP contribution in [0.3, 0.4) is 0 Å². The Morgan fingerprint density at radius 1 is 1.23 bits per heavy atom. The summed E-state index contributed by atoms with van der Waals surface area (Å²) in [4.78, 5) is 8.80.